The highest BCUT2D eigenvalue weighted by Gasteiger charge is 2.49. The highest BCUT2D eigenvalue weighted by Crippen LogP contribution is 2.61. The van der Waals surface area contributed by atoms with Gasteiger partial charge < -0.3 is 27.6 Å². The molecule has 11 heteroatoms. The Bertz CT molecular complexity index is 2980. The fourth-order valence-corrected chi connectivity index (χ4v) is 13.2. The van der Waals surface area contributed by atoms with Crippen molar-refractivity contribution in [2.75, 3.05) is 10.6 Å². The van der Waals surface area contributed by atoms with Crippen LogP contribution in [0.2, 0.25) is 0 Å². The molecule has 0 aliphatic rings. The minimum absolute atomic E-state index is 0. The van der Waals surface area contributed by atoms with Crippen LogP contribution in [0.1, 0.15) is 69.4 Å². The highest BCUT2D eigenvalue weighted by molar-refractivity contribution is 7.95. The van der Waals surface area contributed by atoms with Crippen molar-refractivity contribution in [3.63, 3.8) is 0 Å². The topological polar surface area (TPSA) is 41.1 Å². The van der Waals surface area contributed by atoms with Gasteiger partial charge in [-0.15, -0.1) is 0 Å². The number of rotatable bonds is 8. The van der Waals surface area contributed by atoms with E-state index in [9.17, 15) is 31.1 Å². The maximum absolute atomic E-state index is 14.6. The number of fused-ring (bicyclic) bond motifs is 2. The van der Waals surface area contributed by atoms with Gasteiger partial charge in [-0.1, -0.05) is 145 Å². The first-order chi connectivity index (χ1) is 31.1. The van der Waals surface area contributed by atoms with Crippen molar-refractivity contribution in [2.24, 2.45) is 0 Å². The molecule has 67 heavy (non-hydrogen) atoms. The van der Waals surface area contributed by atoms with Gasteiger partial charge in [-0.25, -0.2) is 4.79 Å². The molecule has 0 aromatic heterocycles. The van der Waals surface area contributed by atoms with Gasteiger partial charge in [-0.05, 0) is 116 Å². The van der Waals surface area contributed by atoms with Gasteiger partial charge in [-0.2, -0.15) is 26.3 Å². The second-order valence-corrected chi connectivity index (χ2v) is 22.3. The van der Waals surface area contributed by atoms with Gasteiger partial charge in [0, 0.05) is 16.8 Å². The summed E-state index contributed by atoms with van der Waals surface area (Å²) in [4.78, 5) is 14.5. The van der Waals surface area contributed by atoms with Crippen LogP contribution in [0.5, 0.6) is 0 Å². The summed E-state index contributed by atoms with van der Waals surface area (Å²) in [6, 6.07) is 49.4. The average Bonchev–Trinajstić information content (AvgIpc) is 3.27. The molecule has 8 rings (SSSR count). The number of hydrogen-bond donors (Lipinski definition) is 2. The lowest BCUT2D eigenvalue weighted by Gasteiger charge is -2.31. The lowest BCUT2D eigenvalue weighted by atomic mass is 9.80. The number of halogens is 7. The van der Waals surface area contributed by atoms with E-state index < -0.39 is 36.8 Å². The van der Waals surface area contributed by atoms with Crippen LogP contribution in [-0.4, -0.2) is 6.03 Å². The van der Waals surface area contributed by atoms with E-state index in [-0.39, 0.29) is 45.6 Å². The second kappa shape index (κ2) is 18.6. The molecular formula is C56H50BrF6N2OP. The van der Waals surface area contributed by atoms with Gasteiger partial charge in [0.2, 0.25) is 0 Å². The monoisotopic (exact) mass is 990 g/mol. The SMILES string of the molecule is CC(C)(C)c1cc(NC(=O)Nc2ccc3ccccc3c2-c2c([P+](Cc3cc(C(F)(F)F)cc(C(F)(F)F)c3)(c3ccccc3)c3ccccc3)ccc3ccccc23)cc(C(C)(C)C)c1.[Br-]. The van der Waals surface area contributed by atoms with E-state index in [0.29, 0.717) is 22.5 Å². The van der Waals surface area contributed by atoms with E-state index in [1.165, 1.54) is 0 Å². The molecule has 8 aromatic carbocycles. The molecule has 0 aliphatic carbocycles. The maximum atomic E-state index is 14.6. The fraction of sp³-hybridized carbons (Fsp3) is 0.196. The Morgan fingerprint density at radius 2 is 0.910 bits per heavy atom. The Labute approximate surface area is 398 Å². The van der Waals surface area contributed by atoms with Crippen LogP contribution in [0.4, 0.5) is 42.5 Å². The van der Waals surface area contributed by atoms with E-state index in [0.717, 1.165) is 60.7 Å². The number of urea groups is 1. The van der Waals surface area contributed by atoms with Crippen LogP contribution in [0.15, 0.2) is 170 Å². The van der Waals surface area contributed by atoms with Crippen molar-refractivity contribution < 1.29 is 48.1 Å². The van der Waals surface area contributed by atoms with Crippen molar-refractivity contribution in [3.8, 4) is 11.1 Å². The second-order valence-electron chi connectivity index (χ2n) is 18.8. The van der Waals surface area contributed by atoms with Crippen molar-refractivity contribution in [2.45, 2.75) is 70.9 Å². The zero-order valence-electron chi connectivity index (χ0n) is 37.9. The number of nitrogens with one attached hydrogen (secondary N) is 2. The van der Waals surface area contributed by atoms with Gasteiger partial charge in [0.05, 0.1) is 23.0 Å². The van der Waals surface area contributed by atoms with Crippen molar-refractivity contribution in [3.05, 3.63) is 198 Å². The molecule has 0 fully saturated rings. The Hall–Kier alpha value is -5.96. The average molecular weight is 992 g/mol. The highest BCUT2D eigenvalue weighted by atomic mass is 79.9. The smallest absolute Gasteiger partial charge is 0.416 e. The number of anilines is 2. The predicted molar refractivity (Wildman–Crippen MR) is 262 cm³/mol. The summed E-state index contributed by atoms with van der Waals surface area (Å²) in [5.74, 6) is 0. The Balaban J connectivity index is 0.00000666. The molecular weight excluding hydrogens is 941 g/mol. The maximum Gasteiger partial charge on any atom is 0.416 e. The zero-order chi connectivity index (χ0) is 47.2. The summed E-state index contributed by atoms with van der Waals surface area (Å²) in [6.07, 6.45) is -10.3. The van der Waals surface area contributed by atoms with Crippen molar-refractivity contribution >= 4 is 62.1 Å². The lowest BCUT2D eigenvalue weighted by Crippen LogP contribution is -3.00. The Morgan fingerprint density at radius 1 is 0.478 bits per heavy atom. The first-order valence-corrected chi connectivity index (χ1v) is 23.7. The molecule has 8 aromatic rings. The third-order valence-electron chi connectivity index (χ3n) is 12.1. The summed E-state index contributed by atoms with van der Waals surface area (Å²) in [7, 11) is -3.32. The minimum Gasteiger partial charge on any atom is -1.00 e. The fourth-order valence-electron chi connectivity index (χ4n) is 8.78. The molecule has 0 bridgehead atoms. The first kappa shape index (κ1) is 49.0. The van der Waals surface area contributed by atoms with E-state index in [2.05, 4.69) is 58.2 Å². The summed E-state index contributed by atoms with van der Waals surface area (Å²) >= 11 is 0. The summed E-state index contributed by atoms with van der Waals surface area (Å²) in [6.45, 7) is 12.7. The van der Waals surface area contributed by atoms with Gasteiger partial charge in [0.15, 0.2) is 0 Å². The van der Waals surface area contributed by atoms with Gasteiger partial charge in [0.1, 0.15) is 23.2 Å². The van der Waals surface area contributed by atoms with Gasteiger partial charge in [0.25, 0.3) is 0 Å². The molecule has 3 nitrogen and oxygen atoms in total. The number of benzene rings is 8. The summed E-state index contributed by atoms with van der Waals surface area (Å²) < 4.78 is 87.5. The Morgan fingerprint density at radius 3 is 1.39 bits per heavy atom. The molecule has 0 heterocycles. The van der Waals surface area contributed by atoms with Crippen LogP contribution in [0, 0.1) is 0 Å². The molecule has 0 saturated heterocycles. The molecule has 2 amide bonds. The third-order valence-corrected chi connectivity index (χ3v) is 16.5. The normalized spacial score (nSPS) is 12.5. The molecule has 344 valence electrons. The molecule has 0 spiro atoms. The minimum atomic E-state index is -5.04. The van der Waals surface area contributed by atoms with E-state index in [1.54, 1.807) is 0 Å². The molecule has 0 aliphatic heterocycles. The quantitative estimate of drug-likeness (QED) is 0.116. The molecule has 0 saturated carbocycles. The zero-order valence-corrected chi connectivity index (χ0v) is 40.4. The van der Waals surface area contributed by atoms with Crippen LogP contribution >= 0.6 is 7.26 Å². The third kappa shape index (κ3) is 10.2. The van der Waals surface area contributed by atoms with Crippen LogP contribution < -0.4 is 43.5 Å². The van der Waals surface area contributed by atoms with Crippen LogP contribution in [0.25, 0.3) is 32.7 Å². The molecule has 0 atom stereocenters. The molecule has 2 N–H and O–H groups in total. The van der Waals surface area contributed by atoms with Crippen LogP contribution in [0.3, 0.4) is 0 Å². The van der Waals surface area contributed by atoms with E-state index in [4.69, 9.17) is 0 Å². The molecule has 0 radical (unpaired) electrons. The number of hydrogen-bond acceptors (Lipinski definition) is 1. The van der Waals surface area contributed by atoms with Crippen LogP contribution in [-0.2, 0) is 29.3 Å². The number of carbonyl (C=O) groups excluding carboxylic acids is 1. The van der Waals surface area contributed by atoms with Gasteiger partial charge in [-0.3, -0.25) is 0 Å². The lowest BCUT2D eigenvalue weighted by molar-refractivity contribution is -0.143. The standard InChI is InChI=1S/C56H49F6N2OP.BrH/c1-53(2,3)39-31-40(54(4,5)6)34-43(33-39)63-52(65)64-48-27-25-37-17-13-15-23-46(37)50(48)51-47-24-16-14-18-38(47)26-28-49(51)66(44-19-9-7-10-20-44,45-21-11-8-12-22-45)35-36-29-41(55(57,58)59)32-42(30-36)56(60,61)62;/h7-34H,35H2,1-6H3,(H-,63,64,65);1H. The predicted octanol–water partition coefficient (Wildman–Crippen LogP) is 12.4. The van der Waals surface area contributed by atoms with E-state index >= 15 is 0 Å². The van der Waals surface area contributed by atoms with Gasteiger partial charge >= 0.3 is 18.4 Å². The first-order valence-electron chi connectivity index (χ1n) is 21.7. The number of alkyl halides is 6. The number of amides is 2. The largest absolute Gasteiger partial charge is 1.00 e. The Kier molecular flexibility index (Phi) is 13.6. The number of carbonyl (C=O) groups is 1. The summed E-state index contributed by atoms with van der Waals surface area (Å²) in [5.41, 5.74) is 1.28. The van der Waals surface area contributed by atoms with Crippen molar-refractivity contribution in [1.82, 2.24) is 0 Å². The van der Waals surface area contributed by atoms with E-state index in [1.807, 2.05) is 146 Å². The van der Waals surface area contributed by atoms with Crippen molar-refractivity contribution in [1.29, 1.82) is 0 Å². The summed E-state index contributed by atoms with van der Waals surface area (Å²) in [5, 5.41) is 11.8. The molecule has 0 unspecified atom stereocenters.